The van der Waals surface area contributed by atoms with E-state index in [1.165, 1.54) is 24.6 Å². The third-order valence-corrected chi connectivity index (χ3v) is 5.81. The summed E-state index contributed by atoms with van der Waals surface area (Å²) >= 11 is 1.35. The van der Waals surface area contributed by atoms with Gasteiger partial charge in [0.2, 0.25) is 11.1 Å². The van der Waals surface area contributed by atoms with E-state index in [0.29, 0.717) is 11.7 Å². The number of benzene rings is 1. The molecule has 8 nitrogen and oxygen atoms in total. The average Bonchev–Trinajstić information content (AvgIpc) is 3.44. The lowest BCUT2D eigenvalue weighted by Crippen LogP contribution is -2.22. The molecule has 2 aromatic rings. The molecule has 2 aliphatic heterocycles. The Morgan fingerprint density at radius 1 is 1.26 bits per heavy atom. The molecule has 3 heterocycles. The molecule has 1 atom stereocenters. The normalized spacial score (nSPS) is 19.6. The van der Waals surface area contributed by atoms with Crippen molar-refractivity contribution >= 4 is 29.0 Å². The molecule has 2 fully saturated rings. The van der Waals surface area contributed by atoms with Gasteiger partial charge in [0.05, 0.1) is 29.8 Å². The summed E-state index contributed by atoms with van der Waals surface area (Å²) in [5.41, 5.74) is 1.96. The molecule has 4 rings (SSSR count). The molecule has 1 aromatic carbocycles. The third-order valence-electron chi connectivity index (χ3n) is 4.86. The van der Waals surface area contributed by atoms with Gasteiger partial charge in [-0.15, -0.1) is 5.10 Å². The van der Waals surface area contributed by atoms with Gasteiger partial charge in [0.15, 0.2) is 0 Å². The fraction of sp³-hybridized carbons (Fsp3) is 0.556. The molecule has 0 saturated carbocycles. The molecule has 1 amide bonds. The second-order valence-corrected chi connectivity index (χ2v) is 7.77. The highest BCUT2D eigenvalue weighted by molar-refractivity contribution is 7.99. The van der Waals surface area contributed by atoms with Crippen LogP contribution in [0.3, 0.4) is 0 Å². The van der Waals surface area contributed by atoms with Crippen LogP contribution >= 0.6 is 11.8 Å². The van der Waals surface area contributed by atoms with Crippen molar-refractivity contribution in [2.24, 2.45) is 0 Å². The van der Waals surface area contributed by atoms with Crippen molar-refractivity contribution in [3.05, 3.63) is 24.3 Å². The van der Waals surface area contributed by atoms with Crippen molar-refractivity contribution in [3.8, 4) is 0 Å². The lowest BCUT2D eigenvalue weighted by Gasteiger charge is -2.21. The number of nitrogens with one attached hydrogen (secondary N) is 1. The fourth-order valence-electron chi connectivity index (χ4n) is 3.53. The minimum absolute atomic E-state index is 0.0571. The van der Waals surface area contributed by atoms with Gasteiger partial charge in [-0.25, -0.2) is 4.68 Å². The largest absolute Gasteiger partial charge is 0.376 e. The Hall–Kier alpha value is -2.13. The van der Waals surface area contributed by atoms with Gasteiger partial charge in [-0.2, -0.15) is 0 Å². The number of carbonyl (C=O) groups excluding carboxylic acids is 1. The lowest BCUT2D eigenvalue weighted by atomic mass is 10.2. The van der Waals surface area contributed by atoms with Gasteiger partial charge in [-0.3, -0.25) is 4.79 Å². The van der Waals surface area contributed by atoms with Gasteiger partial charge >= 0.3 is 0 Å². The van der Waals surface area contributed by atoms with Gasteiger partial charge in [0.1, 0.15) is 0 Å². The first kappa shape index (κ1) is 18.2. The summed E-state index contributed by atoms with van der Waals surface area (Å²) in [6, 6.07) is 7.98. The number of nitrogens with zero attached hydrogens (tertiary/aromatic N) is 5. The average molecular weight is 388 g/mol. The molecular weight excluding hydrogens is 364 g/mol. The summed E-state index contributed by atoms with van der Waals surface area (Å²) in [5.74, 6) is 0.207. The summed E-state index contributed by atoms with van der Waals surface area (Å²) < 4.78 is 7.37. The van der Waals surface area contributed by atoms with Crippen LogP contribution in [0.1, 0.15) is 25.7 Å². The zero-order valence-electron chi connectivity index (χ0n) is 15.2. The molecule has 2 aliphatic rings. The van der Waals surface area contributed by atoms with Crippen LogP contribution < -0.4 is 10.2 Å². The highest BCUT2D eigenvalue weighted by Gasteiger charge is 2.20. The maximum atomic E-state index is 12.5. The van der Waals surface area contributed by atoms with Gasteiger partial charge in [-0.05, 0) is 48.2 Å². The highest BCUT2D eigenvalue weighted by atomic mass is 32.2. The smallest absolute Gasteiger partial charge is 0.234 e. The number of ether oxygens (including phenoxy) is 1. The van der Waals surface area contributed by atoms with Crippen molar-refractivity contribution in [1.82, 2.24) is 20.2 Å². The Balaban J connectivity index is 1.34. The molecule has 27 heavy (non-hydrogen) atoms. The number of anilines is 2. The first-order valence-electron chi connectivity index (χ1n) is 9.44. The Labute approximate surface area is 162 Å². The first-order valence-corrected chi connectivity index (χ1v) is 10.4. The van der Waals surface area contributed by atoms with E-state index in [0.717, 1.165) is 43.9 Å². The number of hydrogen-bond donors (Lipinski definition) is 1. The van der Waals surface area contributed by atoms with Crippen LogP contribution in [0.15, 0.2) is 29.4 Å². The van der Waals surface area contributed by atoms with Gasteiger partial charge < -0.3 is 15.0 Å². The van der Waals surface area contributed by atoms with E-state index in [1.807, 2.05) is 18.2 Å². The predicted molar refractivity (Wildman–Crippen MR) is 104 cm³/mol. The minimum Gasteiger partial charge on any atom is -0.376 e. The molecule has 0 unspecified atom stereocenters. The predicted octanol–water partition coefficient (Wildman–Crippen LogP) is 2.18. The zero-order chi connectivity index (χ0) is 18.5. The van der Waals surface area contributed by atoms with Crippen LogP contribution in [0.4, 0.5) is 11.4 Å². The molecule has 0 bridgehead atoms. The van der Waals surface area contributed by atoms with Crippen LogP contribution in [0.25, 0.3) is 0 Å². The topological polar surface area (TPSA) is 85.2 Å². The van der Waals surface area contributed by atoms with E-state index >= 15 is 0 Å². The molecule has 0 spiro atoms. The number of rotatable bonds is 7. The van der Waals surface area contributed by atoms with Crippen LogP contribution in [-0.4, -0.2) is 57.7 Å². The maximum Gasteiger partial charge on any atom is 0.234 e. The van der Waals surface area contributed by atoms with Crippen LogP contribution in [0.2, 0.25) is 0 Å². The summed E-state index contributed by atoms with van der Waals surface area (Å²) in [6.07, 6.45) is 4.66. The molecular formula is C18H24N6O2S. The number of aromatic nitrogens is 4. The Kier molecular flexibility index (Phi) is 5.88. The highest BCUT2D eigenvalue weighted by Crippen LogP contribution is 2.29. The quantitative estimate of drug-likeness (QED) is 0.728. The molecule has 1 aromatic heterocycles. The molecule has 144 valence electrons. The number of tetrazole rings is 1. The van der Waals surface area contributed by atoms with Crippen molar-refractivity contribution in [3.63, 3.8) is 0 Å². The van der Waals surface area contributed by atoms with Gasteiger partial charge in [0.25, 0.3) is 0 Å². The number of thioether (sulfide) groups is 1. The van der Waals surface area contributed by atoms with Crippen LogP contribution in [0.5, 0.6) is 0 Å². The van der Waals surface area contributed by atoms with Gasteiger partial charge in [-0.1, -0.05) is 23.9 Å². The van der Waals surface area contributed by atoms with E-state index < -0.39 is 0 Å². The van der Waals surface area contributed by atoms with Crippen molar-refractivity contribution in [2.45, 2.75) is 43.5 Å². The van der Waals surface area contributed by atoms with Crippen LogP contribution in [-0.2, 0) is 16.1 Å². The fourth-order valence-corrected chi connectivity index (χ4v) is 4.21. The number of amides is 1. The summed E-state index contributed by atoms with van der Waals surface area (Å²) in [5, 5.41) is 15.5. The van der Waals surface area contributed by atoms with E-state index in [-0.39, 0.29) is 17.8 Å². The Bertz CT molecular complexity index is 771. The number of para-hydroxylation sites is 2. The van der Waals surface area contributed by atoms with Crippen molar-refractivity contribution in [1.29, 1.82) is 0 Å². The van der Waals surface area contributed by atoms with E-state index in [1.54, 1.807) is 4.68 Å². The summed E-state index contributed by atoms with van der Waals surface area (Å²) in [4.78, 5) is 14.8. The molecule has 0 aliphatic carbocycles. The molecule has 1 N–H and O–H groups in total. The SMILES string of the molecule is O=C(CSc1nnnn1C[C@@H]1CCCO1)Nc1ccccc1N1CCCC1. The zero-order valence-corrected chi connectivity index (χ0v) is 16.0. The second-order valence-electron chi connectivity index (χ2n) is 6.83. The number of hydrogen-bond acceptors (Lipinski definition) is 7. The van der Waals surface area contributed by atoms with E-state index in [2.05, 4.69) is 31.8 Å². The van der Waals surface area contributed by atoms with Gasteiger partial charge in [0, 0.05) is 19.7 Å². The summed E-state index contributed by atoms with van der Waals surface area (Å²) in [7, 11) is 0. The van der Waals surface area contributed by atoms with Crippen LogP contribution in [0, 0.1) is 0 Å². The summed E-state index contributed by atoms with van der Waals surface area (Å²) in [6.45, 7) is 3.52. The standard InChI is InChI=1S/C18H24N6O2S/c25-17(19-15-7-1-2-8-16(15)23-9-3-4-10-23)13-27-18-20-21-22-24(18)12-14-6-5-11-26-14/h1-2,7-8,14H,3-6,9-13H2,(H,19,25)/t14-/m0/s1. The third kappa shape index (κ3) is 4.59. The monoisotopic (exact) mass is 388 g/mol. The first-order chi connectivity index (χ1) is 13.3. The maximum absolute atomic E-state index is 12.5. The number of carbonyl (C=O) groups is 1. The van der Waals surface area contributed by atoms with E-state index in [4.69, 9.17) is 4.74 Å². The molecule has 0 radical (unpaired) electrons. The second kappa shape index (κ2) is 8.71. The van der Waals surface area contributed by atoms with Crippen molar-refractivity contribution < 1.29 is 9.53 Å². The Morgan fingerprint density at radius 3 is 2.93 bits per heavy atom. The molecule has 9 heteroatoms. The lowest BCUT2D eigenvalue weighted by molar-refractivity contribution is -0.113. The molecule has 2 saturated heterocycles. The van der Waals surface area contributed by atoms with E-state index in [9.17, 15) is 4.79 Å². The Morgan fingerprint density at radius 2 is 2.11 bits per heavy atom. The minimum atomic E-state index is -0.0571. The van der Waals surface area contributed by atoms with Crippen molar-refractivity contribution in [2.75, 3.05) is 35.7 Å².